The van der Waals surface area contributed by atoms with Crippen molar-refractivity contribution in [1.82, 2.24) is 15.1 Å². The minimum Gasteiger partial charge on any atom is -0.317 e. The monoisotopic (exact) mass is 281 g/mol. The molecule has 3 heteroatoms. The van der Waals surface area contributed by atoms with Gasteiger partial charge in [-0.1, -0.05) is 27.7 Å². The first-order valence-corrected chi connectivity index (χ1v) is 8.70. The van der Waals surface area contributed by atoms with Crippen LogP contribution in [0.2, 0.25) is 0 Å². The Labute approximate surface area is 126 Å². The number of piperazine rings is 1. The van der Waals surface area contributed by atoms with Crippen LogP contribution in [0.5, 0.6) is 0 Å². The van der Waals surface area contributed by atoms with E-state index in [1.807, 2.05) is 0 Å². The predicted molar refractivity (Wildman–Crippen MR) is 87.1 cm³/mol. The molecule has 0 aromatic carbocycles. The molecule has 0 spiro atoms. The summed E-state index contributed by atoms with van der Waals surface area (Å²) in [5.41, 5.74) is 0.489. The van der Waals surface area contributed by atoms with E-state index < -0.39 is 0 Å². The van der Waals surface area contributed by atoms with Gasteiger partial charge in [0.05, 0.1) is 0 Å². The Morgan fingerprint density at radius 2 is 1.50 bits per heavy atom. The van der Waals surface area contributed by atoms with Gasteiger partial charge in [-0.2, -0.15) is 0 Å². The molecule has 0 bridgehead atoms. The zero-order valence-electron chi connectivity index (χ0n) is 14.1. The van der Waals surface area contributed by atoms with Crippen LogP contribution >= 0.6 is 0 Å². The second-order valence-electron chi connectivity index (χ2n) is 7.75. The number of hydrogen-bond acceptors (Lipinski definition) is 3. The molecular weight excluding hydrogens is 246 g/mol. The predicted octanol–water partition coefficient (Wildman–Crippen LogP) is 2.43. The fourth-order valence-electron chi connectivity index (χ4n) is 4.22. The summed E-state index contributed by atoms with van der Waals surface area (Å²) in [6, 6.07) is 0. The first kappa shape index (κ1) is 16.3. The summed E-state index contributed by atoms with van der Waals surface area (Å²) in [7, 11) is 0. The molecule has 2 heterocycles. The van der Waals surface area contributed by atoms with Gasteiger partial charge in [0.15, 0.2) is 0 Å². The van der Waals surface area contributed by atoms with E-state index in [2.05, 4.69) is 42.8 Å². The lowest BCUT2D eigenvalue weighted by molar-refractivity contribution is -0.00327. The Morgan fingerprint density at radius 3 is 2.00 bits per heavy atom. The zero-order valence-corrected chi connectivity index (χ0v) is 14.1. The highest BCUT2D eigenvalue weighted by Crippen LogP contribution is 2.33. The molecule has 2 rings (SSSR count). The number of rotatable bonds is 5. The van der Waals surface area contributed by atoms with Crippen molar-refractivity contribution < 1.29 is 0 Å². The van der Waals surface area contributed by atoms with Gasteiger partial charge < -0.3 is 10.2 Å². The molecule has 2 fully saturated rings. The van der Waals surface area contributed by atoms with Crippen LogP contribution in [0.25, 0.3) is 0 Å². The smallest absolute Gasteiger partial charge is 0.0237 e. The normalized spacial score (nSPS) is 25.5. The molecule has 0 aliphatic carbocycles. The molecule has 0 unspecified atom stereocenters. The molecule has 0 radical (unpaired) electrons. The molecule has 0 atom stereocenters. The van der Waals surface area contributed by atoms with Crippen LogP contribution in [0.15, 0.2) is 0 Å². The third-order valence-electron chi connectivity index (χ3n) is 4.99. The molecule has 118 valence electrons. The van der Waals surface area contributed by atoms with E-state index >= 15 is 0 Å². The van der Waals surface area contributed by atoms with Crippen LogP contribution in [-0.2, 0) is 0 Å². The van der Waals surface area contributed by atoms with E-state index in [-0.39, 0.29) is 0 Å². The summed E-state index contributed by atoms with van der Waals surface area (Å²) < 4.78 is 0. The van der Waals surface area contributed by atoms with Crippen LogP contribution in [-0.4, -0.2) is 61.2 Å². The number of hydrogen-bond donors (Lipinski definition) is 1. The SMILES string of the molecule is CC(C)CN1CCN(C2(CC(C)C)CCNCC2)CC1. The first-order chi connectivity index (χ1) is 9.52. The van der Waals surface area contributed by atoms with Crippen LogP contribution in [0.1, 0.15) is 47.0 Å². The molecule has 0 saturated carbocycles. The highest BCUT2D eigenvalue weighted by atomic mass is 15.3. The fourth-order valence-corrected chi connectivity index (χ4v) is 4.22. The summed E-state index contributed by atoms with van der Waals surface area (Å²) in [5, 5.41) is 3.55. The molecular formula is C17H35N3. The molecule has 2 aliphatic rings. The van der Waals surface area contributed by atoms with Gasteiger partial charge in [0.1, 0.15) is 0 Å². The number of nitrogens with one attached hydrogen (secondary N) is 1. The minimum atomic E-state index is 0.489. The Kier molecular flexibility index (Phi) is 5.88. The molecule has 1 N–H and O–H groups in total. The van der Waals surface area contributed by atoms with Crippen molar-refractivity contribution >= 4 is 0 Å². The lowest BCUT2D eigenvalue weighted by atomic mass is 9.79. The van der Waals surface area contributed by atoms with E-state index in [0.29, 0.717) is 5.54 Å². The van der Waals surface area contributed by atoms with E-state index in [1.54, 1.807) is 0 Å². The Bertz CT molecular complexity index is 274. The fraction of sp³-hybridized carbons (Fsp3) is 1.00. The summed E-state index contributed by atoms with van der Waals surface area (Å²) in [6.45, 7) is 18.2. The maximum absolute atomic E-state index is 3.55. The van der Waals surface area contributed by atoms with Crippen molar-refractivity contribution in [3.63, 3.8) is 0 Å². The van der Waals surface area contributed by atoms with Crippen LogP contribution in [0, 0.1) is 11.8 Å². The van der Waals surface area contributed by atoms with Crippen LogP contribution < -0.4 is 5.32 Å². The van der Waals surface area contributed by atoms with Gasteiger partial charge in [-0.3, -0.25) is 4.90 Å². The second-order valence-corrected chi connectivity index (χ2v) is 7.75. The maximum atomic E-state index is 3.55. The Balaban J connectivity index is 1.94. The Morgan fingerprint density at radius 1 is 0.900 bits per heavy atom. The number of nitrogens with zero attached hydrogens (tertiary/aromatic N) is 2. The highest BCUT2D eigenvalue weighted by Gasteiger charge is 2.39. The number of piperidine rings is 1. The summed E-state index contributed by atoms with van der Waals surface area (Å²) in [4.78, 5) is 5.50. The average Bonchev–Trinajstić information content (AvgIpc) is 2.39. The lowest BCUT2D eigenvalue weighted by Gasteiger charge is -2.51. The van der Waals surface area contributed by atoms with Gasteiger partial charge in [-0.05, 0) is 44.2 Å². The summed E-state index contributed by atoms with van der Waals surface area (Å²) in [5.74, 6) is 1.60. The first-order valence-electron chi connectivity index (χ1n) is 8.70. The Hall–Kier alpha value is -0.120. The van der Waals surface area contributed by atoms with Crippen molar-refractivity contribution in [3.8, 4) is 0 Å². The quantitative estimate of drug-likeness (QED) is 0.835. The zero-order chi connectivity index (χ0) is 14.6. The van der Waals surface area contributed by atoms with Crippen molar-refractivity contribution in [2.75, 3.05) is 45.8 Å². The molecule has 3 nitrogen and oxygen atoms in total. The van der Waals surface area contributed by atoms with Gasteiger partial charge in [0.25, 0.3) is 0 Å². The van der Waals surface area contributed by atoms with Gasteiger partial charge >= 0.3 is 0 Å². The molecule has 0 aromatic rings. The van der Waals surface area contributed by atoms with Gasteiger partial charge in [-0.25, -0.2) is 0 Å². The lowest BCUT2D eigenvalue weighted by Crippen LogP contribution is -2.61. The summed E-state index contributed by atoms with van der Waals surface area (Å²) >= 11 is 0. The topological polar surface area (TPSA) is 18.5 Å². The van der Waals surface area contributed by atoms with Gasteiger partial charge in [0, 0.05) is 38.3 Å². The summed E-state index contributed by atoms with van der Waals surface area (Å²) in [6.07, 6.45) is 4.06. The van der Waals surface area contributed by atoms with Gasteiger partial charge in [-0.15, -0.1) is 0 Å². The third kappa shape index (κ3) is 4.19. The van der Waals surface area contributed by atoms with Crippen molar-refractivity contribution in [3.05, 3.63) is 0 Å². The minimum absolute atomic E-state index is 0.489. The van der Waals surface area contributed by atoms with Crippen LogP contribution in [0.4, 0.5) is 0 Å². The largest absolute Gasteiger partial charge is 0.317 e. The van der Waals surface area contributed by atoms with E-state index in [9.17, 15) is 0 Å². The highest BCUT2D eigenvalue weighted by molar-refractivity contribution is 4.97. The standard InChI is InChI=1S/C17H35N3/c1-15(2)13-17(5-7-18-8-6-17)20-11-9-19(10-12-20)14-16(3)4/h15-16,18H,5-14H2,1-4H3. The van der Waals surface area contributed by atoms with E-state index in [1.165, 1.54) is 65.1 Å². The van der Waals surface area contributed by atoms with E-state index in [4.69, 9.17) is 0 Å². The molecule has 20 heavy (non-hydrogen) atoms. The second kappa shape index (κ2) is 7.24. The van der Waals surface area contributed by atoms with Crippen molar-refractivity contribution in [2.45, 2.75) is 52.5 Å². The van der Waals surface area contributed by atoms with Crippen molar-refractivity contribution in [1.29, 1.82) is 0 Å². The maximum Gasteiger partial charge on any atom is 0.0237 e. The third-order valence-corrected chi connectivity index (χ3v) is 4.99. The van der Waals surface area contributed by atoms with Crippen molar-refractivity contribution in [2.24, 2.45) is 11.8 Å². The van der Waals surface area contributed by atoms with Crippen LogP contribution in [0.3, 0.4) is 0 Å². The average molecular weight is 281 g/mol. The molecule has 2 saturated heterocycles. The van der Waals surface area contributed by atoms with E-state index in [0.717, 1.165) is 11.8 Å². The molecule has 0 aromatic heterocycles. The molecule has 2 aliphatic heterocycles. The molecule has 0 amide bonds. The van der Waals surface area contributed by atoms with Gasteiger partial charge in [0.2, 0.25) is 0 Å².